The summed E-state index contributed by atoms with van der Waals surface area (Å²) in [6.07, 6.45) is 3.42. The van der Waals surface area contributed by atoms with Crippen molar-refractivity contribution in [2.75, 3.05) is 0 Å². The third kappa shape index (κ3) is 2.23. The van der Waals surface area contributed by atoms with Crippen molar-refractivity contribution in [1.82, 2.24) is 9.55 Å². The molecule has 3 aromatic rings. The first-order valence-electron chi connectivity index (χ1n) is 6.52. The van der Waals surface area contributed by atoms with Gasteiger partial charge in [0.2, 0.25) is 0 Å². The standard InChI is InChI=1S/C16H14N2O3/c1-10-15(16(20)21)13-8-12(19)2-3-14(13)18(10)9-11-4-6-17-7-5-11/h2-8,19H,9H2,1H3,(H,20,21). The van der Waals surface area contributed by atoms with E-state index in [1.54, 1.807) is 31.5 Å². The summed E-state index contributed by atoms with van der Waals surface area (Å²) in [6.45, 7) is 2.34. The number of phenols is 1. The molecule has 0 unspecified atom stereocenters. The lowest BCUT2D eigenvalue weighted by Crippen LogP contribution is -2.04. The molecule has 1 aromatic carbocycles. The predicted molar refractivity (Wildman–Crippen MR) is 78.6 cm³/mol. The van der Waals surface area contributed by atoms with Crippen molar-refractivity contribution < 1.29 is 15.0 Å². The number of aromatic hydroxyl groups is 1. The molecule has 2 aromatic heterocycles. The predicted octanol–water partition coefficient (Wildman–Crippen LogP) is 2.80. The lowest BCUT2D eigenvalue weighted by Gasteiger charge is -2.08. The maximum Gasteiger partial charge on any atom is 0.338 e. The average Bonchev–Trinajstić information content (AvgIpc) is 2.72. The Hall–Kier alpha value is -2.82. The summed E-state index contributed by atoms with van der Waals surface area (Å²) >= 11 is 0. The minimum absolute atomic E-state index is 0.0612. The molecule has 0 saturated heterocycles. The van der Waals surface area contributed by atoms with Crippen molar-refractivity contribution >= 4 is 16.9 Å². The second-order valence-electron chi connectivity index (χ2n) is 4.91. The van der Waals surface area contributed by atoms with E-state index in [4.69, 9.17) is 0 Å². The molecule has 0 atom stereocenters. The van der Waals surface area contributed by atoms with Gasteiger partial charge in [0.15, 0.2) is 0 Å². The molecule has 0 radical (unpaired) electrons. The molecule has 0 aliphatic heterocycles. The van der Waals surface area contributed by atoms with Crippen molar-refractivity contribution in [3.63, 3.8) is 0 Å². The molecule has 0 fully saturated rings. The Balaban J connectivity index is 2.23. The average molecular weight is 282 g/mol. The summed E-state index contributed by atoms with van der Waals surface area (Å²) in [6, 6.07) is 8.59. The molecule has 21 heavy (non-hydrogen) atoms. The lowest BCUT2D eigenvalue weighted by molar-refractivity contribution is 0.0698. The van der Waals surface area contributed by atoms with Gasteiger partial charge in [-0.25, -0.2) is 4.79 Å². The van der Waals surface area contributed by atoms with Crippen LogP contribution in [0.4, 0.5) is 0 Å². The Bertz CT molecular complexity index is 822. The molecule has 0 bridgehead atoms. The number of carbonyl (C=O) groups is 1. The van der Waals surface area contributed by atoms with Gasteiger partial charge in [0.1, 0.15) is 5.75 Å². The van der Waals surface area contributed by atoms with E-state index in [0.717, 1.165) is 11.1 Å². The van der Waals surface area contributed by atoms with Crippen LogP contribution in [0.5, 0.6) is 5.75 Å². The summed E-state index contributed by atoms with van der Waals surface area (Å²) < 4.78 is 1.94. The van der Waals surface area contributed by atoms with Gasteiger partial charge in [0, 0.05) is 35.5 Å². The zero-order valence-corrected chi connectivity index (χ0v) is 11.4. The number of rotatable bonds is 3. The summed E-state index contributed by atoms with van der Waals surface area (Å²) in [5, 5.41) is 19.6. The fraction of sp³-hybridized carbons (Fsp3) is 0.125. The summed E-state index contributed by atoms with van der Waals surface area (Å²) in [7, 11) is 0. The van der Waals surface area contributed by atoms with Crippen LogP contribution in [0.15, 0.2) is 42.7 Å². The maximum atomic E-state index is 11.5. The zero-order valence-electron chi connectivity index (χ0n) is 11.4. The first-order valence-corrected chi connectivity index (χ1v) is 6.52. The normalized spacial score (nSPS) is 10.9. The quantitative estimate of drug-likeness (QED) is 0.774. The van der Waals surface area contributed by atoms with Crippen molar-refractivity contribution in [2.45, 2.75) is 13.5 Å². The van der Waals surface area contributed by atoms with E-state index in [2.05, 4.69) is 4.98 Å². The van der Waals surface area contributed by atoms with Gasteiger partial charge in [-0.1, -0.05) is 0 Å². The Labute approximate surface area is 121 Å². The minimum Gasteiger partial charge on any atom is -0.508 e. The van der Waals surface area contributed by atoms with Gasteiger partial charge in [0.25, 0.3) is 0 Å². The second kappa shape index (κ2) is 4.94. The van der Waals surface area contributed by atoms with E-state index in [1.165, 1.54) is 6.07 Å². The van der Waals surface area contributed by atoms with Crippen LogP contribution in [0.3, 0.4) is 0 Å². The third-order valence-electron chi connectivity index (χ3n) is 3.61. The van der Waals surface area contributed by atoms with E-state index in [-0.39, 0.29) is 11.3 Å². The molecule has 0 spiro atoms. The van der Waals surface area contributed by atoms with Crippen LogP contribution in [0.1, 0.15) is 21.6 Å². The number of fused-ring (bicyclic) bond motifs is 1. The topological polar surface area (TPSA) is 75.3 Å². The first kappa shape index (κ1) is 13.2. The highest BCUT2D eigenvalue weighted by atomic mass is 16.4. The van der Waals surface area contributed by atoms with Gasteiger partial charge in [-0.2, -0.15) is 0 Å². The Kier molecular flexibility index (Phi) is 3.10. The fourth-order valence-corrected chi connectivity index (χ4v) is 2.61. The zero-order chi connectivity index (χ0) is 15.0. The monoisotopic (exact) mass is 282 g/mol. The highest BCUT2D eigenvalue weighted by Gasteiger charge is 2.19. The summed E-state index contributed by atoms with van der Waals surface area (Å²) in [5.74, 6) is -0.928. The van der Waals surface area contributed by atoms with Crippen molar-refractivity contribution in [3.05, 3.63) is 59.5 Å². The van der Waals surface area contributed by atoms with Crippen molar-refractivity contribution in [3.8, 4) is 5.75 Å². The Morgan fingerprint density at radius 3 is 2.62 bits per heavy atom. The van der Waals surface area contributed by atoms with Gasteiger partial charge >= 0.3 is 5.97 Å². The fourth-order valence-electron chi connectivity index (χ4n) is 2.61. The first-order chi connectivity index (χ1) is 10.1. The number of carboxylic acid groups (broad SMARTS) is 1. The second-order valence-corrected chi connectivity index (χ2v) is 4.91. The van der Waals surface area contributed by atoms with Crippen LogP contribution in [0.25, 0.3) is 10.9 Å². The number of pyridine rings is 1. The summed E-state index contributed by atoms with van der Waals surface area (Å²) in [4.78, 5) is 15.5. The number of phenolic OH excluding ortho intramolecular Hbond substituents is 1. The number of aromatic carboxylic acids is 1. The molecule has 3 rings (SSSR count). The van der Waals surface area contributed by atoms with Gasteiger partial charge in [-0.15, -0.1) is 0 Å². The van der Waals surface area contributed by atoms with Crippen LogP contribution in [-0.2, 0) is 6.54 Å². The number of benzene rings is 1. The highest BCUT2D eigenvalue weighted by molar-refractivity contribution is 6.05. The minimum atomic E-state index is -0.989. The number of carboxylic acids is 1. The molecule has 2 heterocycles. The number of nitrogens with zero attached hydrogens (tertiary/aromatic N) is 2. The van der Waals surface area contributed by atoms with Crippen molar-refractivity contribution in [2.24, 2.45) is 0 Å². The molecule has 5 nitrogen and oxygen atoms in total. The smallest absolute Gasteiger partial charge is 0.338 e. The van der Waals surface area contributed by atoms with Gasteiger partial charge in [-0.3, -0.25) is 4.98 Å². The van der Waals surface area contributed by atoms with Crippen LogP contribution >= 0.6 is 0 Å². The summed E-state index contributed by atoms with van der Waals surface area (Å²) in [5.41, 5.74) is 2.73. The SMILES string of the molecule is Cc1c(C(=O)O)c2cc(O)ccc2n1Cc1ccncc1. The van der Waals surface area contributed by atoms with Crippen LogP contribution in [-0.4, -0.2) is 25.7 Å². The maximum absolute atomic E-state index is 11.5. The molecule has 0 aliphatic rings. The van der Waals surface area contributed by atoms with Crippen LogP contribution in [0, 0.1) is 6.92 Å². The Morgan fingerprint density at radius 2 is 1.95 bits per heavy atom. The number of hydrogen-bond acceptors (Lipinski definition) is 3. The van der Waals surface area contributed by atoms with E-state index < -0.39 is 5.97 Å². The molecule has 0 saturated carbocycles. The van der Waals surface area contributed by atoms with E-state index in [9.17, 15) is 15.0 Å². The highest BCUT2D eigenvalue weighted by Crippen LogP contribution is 2.29. The number of aromatic nitrogens is 2. The molecular weight excluding hydrogens is 268 g/mol. The van der Waals surface area contributed by atoms with Gasteiger partial charge in [-0.05, 0) is 42.8 Å². The van der Waals surface area contributed by atoms with Crippen molar-refractivity contribution in [1.29, 1.82) is 0 Å². The molecule has 106 valence electrons. The Morgan fingerprint density at radius 1 is 1.24 bits per heavy atom. The molecule has 0 aliphatic carbocycles. The molecular formula is C16H14N2O3. The van der Waals surface area contributed by atoms with E-state index in [1.807, 2.05) is 16.7 Å². The molecule has 0 amide bonds. The molecule has 2 N–H and O–H groups in total. The molecule has 5 heteroatoms. The largest absolute Gasteiger partial charge is 0.508 e. The van der Waals surface area contributed by atoms with Crippen LogP contribution in [0.2, 0.25) is 0 Å². The number of hydrogen-bond donors (Lipinski definition) is 2. The van der Waals surface area contributed by atoms with Crippen LogP contribution < -0.4 is 0 Å². The van der Waals surface area contributed by atoms with Gasteiger partial charge in [0.05, 0.1) is 5.56 Å². The third-order valence-corrected chi connectivity index (χ3v) is 3.61. The van der Waals surface area contributed by atoms with E-state index in [0.29, 0.717) is 17.6 Å². The van der Waals surface area contributed by atoms with Gasteiger partial charge < -0.3 is 14.8 Å². The lowest BCUT2D eigenvalue weighted by atomic mass is 10.1. The van der Waals surface area contributed by atoms with E-state index >= 15 is 0 Å².